The third-order valence-electron chi connectivity index (χ3n) is 3.93. The van der Waals surface area contributed by atoms with E-state index in [9.17, 15) is 8.42 Å². The summed E-state index contributed by atoms with van der Waals surface area (Å²) in [5, 5.41) is 3.47. The van der Waals surface area contributed by atoms with Crippen LogP contribution in [0.15, 0.2) is 18.3 Å². The van der Waals surface area contributed by atoms with Gasteiger partial charge in [0.2, 0.25) is 0 Å². The summed E-state index contributed by atoms with van der Waals surface area (Å²) in [6.07, 6.45) is 2.86. The molecule has 0 aliphatic carbocycles. The minimum atomic E-state index is -2.91. The first-order chi connectivity index (χ1) is 9.94. The Bertz CT molecular complexity index is 574. The van der Waals surface area contributed by atoms with Crippen LogP contribution in [0.25, 0.3) is 0 Å². The molecule has 1 aromatic heterocycles. The molecular formula is C15H25N3O2S. The number of nitrogens with one attached hydrogen (secondary N) is 1. The Labute approximate surface area is 127 Å². The number of nitrogens with zero attached hydrogens (tertiary/aromatic N) is 2. The van der Waals surface area contributed by atoms with E-state index in [1.165, 1.54) is 0 Å². The minimum absolute atomic E-state index is 0.0317. The summed E-state index contributed by atoms with van der Waals surface area (Å²) < 4.78 is 23.5. The van der Waals surface area contributed by atoms with Crippen LogP contribution in [-0.4, -0.2) is 44.0 Å². The largest absolute Gasteiger partial charge is 0.352 e. The lowest BCUT2D eigenvalue weighted by Crippen LogP contribution is -2.48. The van der Waals surface area contributed by atoms with Crippen LogP contribution < -0.4 is 10.2 Å². The fourth-order valence-electron chi connectivity index (χ4n) is 2.77. The number of hydrogen-bond donors (Lipinski definition) is 1. The molecule has 0 saturated carbocycles. The molecule has 1 N–H and O–H groups in total. The zero-order valence-corrected chi connectivity index (χ0v) is 13.9. The highest BCUT2D eigenvalue weighted by Gasteiger charge is 2.30. The summed E-state index contributed by atoms with van der Waals surface area (Å²) in [5.41, 5.74) is 1.14. The van der Waals surface area contributed by atoms with Crippen LogP contribution in [-0.2, 0) is 9.84 Å². The van der Waals surface area contributed by atoms with E-state index in [4.69, 9.17) is 0 Å². The predicted octanol–water partition coefficient (Wildman–Crippen LogP) is 1.77. The van der Waals surface area contributed by atoms with Crippen molar-refractivity contribution in [3.8, 4) is 0 Å². The first-order valence-corrected chi connectivity index (χ1v) is 9.42. The van der Waals surface area contributed by atoms with Crippen molar-refractivity contribution >= 4 is 15.7 Å². The van der Waals surface area contributed by atoms with Crippen molar-refractivity contribution in [3.05, 3.63) is 23.9 Å². The Morgan fingerprint density at radius 1 is 1.52 bits per heavy atom. The number of pyridine rings is 1. The lowest BCUT2D eigenvalue weighted by atomic mass is 10.1. The van der Waals surface area contributed by atoms with E-state index >= 15 is 0 Å². The molecule has 1 fully saturated rings. The smallest absolute Gasteiger partial charge is 0.154 e. The van der Waals surface area contributed by atoms with Crippen molar-refractivity contribution in [2.24, 2.45) is 0 Å². The second-order valence-corrected chi connectivity index (χ2v) is 7.98. The van der Waals surface area contributed by atoms with Gasteiger partial charge in [-0.25, -0.2) is 13.4 Å². The van der Waals surface area contributed by atoms with Gasteiger partial charge in [-0.05, 0) is 32.9 Å². The van der Waals surface area contributed by atoms with Crippen molar-refractivity contribution in [3.63, 3.8) is 0 Å². The molecule has 1 saturated heterocycles. The highest BCUT2D eigenvalue weighted by molar-refractivity contribution is 7.91. The van der Waals surface area contributed by atoms with E-state index in [0.29, 0.717) is 6.54 Å². The van der Waals surface area contributed by atoms with Crippen LogP contribution in [0.2, 0.25) is 0 Å². The molecule has 6 heteroatoms. The molecule has 2 atom stereocenters. The Balaban J connectivity index is 2.24. The first-order valence-electron chi connectivity index (χ1n) is 7.60. The van der Waals surface area contributed by atoms with Gasteiger partial charge in [-0.15, -0.1) is 0 Å². The van der Waals surface area contributed by atoms with Crippen LogP contribution in [0.5, 0.6) is 0 Å². The van der Waals surface area contributed by atoms with Crippen molar-refractivity contribution < 1.29 is 8.42 Å². The standard InChI is InChI=1S/C15H25N3O2S/c1-4-7-16-13(3)14-6-5-8-17-15(14)18-9-10-21(19,20)11-12(18)2/h5-6,8,12-13,16H,4,7,9-11H2,1-3H3. The van der Waals surface area contributed by atoms with Crippen molar-refractivity contribution in [1.82, 2.24) is 10.3 Å². The molecule has 0 bridgehead atoms. The number of anilines is 1. The fraction of sp³-hybridized carbons (Fsp3) is 0.667. The van der Waals surface area contributed by atoms with Crippen LogP contribution in [0.3, 0.4) is 0 Å². The highest BCUT2D eigenvalue weighted by atomic mass is 32.2. The quantitative estimate of drug-likeness (QED) is 0.898. The van der Waals surface area contributed by atoms with E-state index in [0.717, 1.165) is 24.3 Å². The summed E-state index contributed by atoms with van der Waals surface area (Å²) in [5.74, 6) is 1.33. The van der Waals surface area contributed by atoms with Crippen LogP contribution >= 0.6 is 0 Å². The summed E-state index contributed by atoms with van der Waals surface area (Å²) >= 11 is 0. The Morgan fingerprint density at radius 3 is 2.95 bits per heavy atom. The molecule has 21 heavy (non-hydrogen) atoms. The van der Waals surface area contributed by atoms with E-state index in [-0.39, 0.29) is 23.6 Å². The zero-order valence-electron chi connectivity index (χ0n) is 13.0. The van der Waals surface area contributed by atoms with Gasteiger partial charge >= 0.3 is 0 Å². The number of rotatable bonds is 5. The maximum atomic E-state index is 11.7. The average Bonchev–Trinajstić information content (AvgIpc) is 2.44. The van der Waals surface area contributed by atoms with E-state index in [1.54, 1.807) is 6.20 Å². The van der Waals surface area contributed by atoms with Crippen LogP contribution in [0.4, 0.5) is 5.82 Å². The fourth-order valence-corrected chi connectivity index (χ4v) is 4.33. The lowest BCUT2D eigenvalue weighted by Gasteiger charge is -2.36. The number of sulfone groups is 1. The van der Waals surface area contributed by atoms with Gasteiger partial charge in [-0.1, -0.05) is 13.0 Å². The van der Waals surface area contributed by atoms with Gasteiger partial charge < -0.3 is 10.2 Å². The predicted molar refractivity (Wildman–Crippen MR) is 86.4 cm³/mol. The average molecular weight is 311 g/mol. The summed E-state index contributed by atoms with van der Waals surface area (Å²) in [4.78, 5) is 6.65. The lowest BCUT2D eigenvalue weighted by molar-refractivity contribution is 0.553. The third-order valence-corrected chi connectivity index (χ3v) is 5.72. The molecule has 0 amide bonds. The molecule has 0 spiro atoms. The monoisotopic (exact) mass is 311 g/mol. The summed E-state index contributed by atoms with van der Waals surface area (Å²) in [6.45, 7) is 7.70. The van der Waals surface area contributed by atoms with Crippen LogP contribution in [0, 0.1) is 0 Å². The summed E-state index contributed by atoms with van der Waals surface area (Å²) in [6, 6.07) is 4.19. The van der Waals surface area contributed by atoms with Crippen molar-refractivity contribution in [2.75, 3.05) is 29.5 Å². The van der Waals surface area contributed by atoms with Crippen molar-refractivity contribution in [1.29, 1.82) is 0 Å². The Morgan fingerprint density at radius 2 is 2.29 bits per heavy atom. The van der Waals surface area contributed by atoms with Crippen molar-refractivity contribution in [2.45, 2.75) is 39.3 Å². The van der Waals surface area contributed by atoms with E-state index in [2.05, 4.69) is 35.1 Å². The van der Waals surface area contributed by atoms with Gasteiger partial charge in [0.1, 0.15) is 5.82 Å². The maximum absolute atomic E-state index is 11.7. The maximum Gasteiger partial charge on any atom is 0.154 e. The molecule has 2 unspecified atom stereocenters. The molecule has 5 nitrogen and oxygen atoms in total. The molecule has 2 heterocycles. The molecule has 0 aromatic carbocycles. The van der Waals surface area contributed by atoms with Gasteiger partial charge in [-0.3, -0.25) is 0 Å². The van der Waals surface area contributed by atoms with Gasteiger partial charge in [-0.2, -0.15) is 0 Å². The number of aromatic nitrogens is 1. The zero-order chi connectivity index (χ0) is 15.5. The normalized spacial score (nSPS) is 23.0. The van der Waals surface area contributed by atoms with E-state index in [1.807, 2.05) is 13.0 Å². The van der Waals surface area contributed by atoms with E-state index < -0.39 is 9.84 Å². The Kier molecular flexibility index (Phi) is 5.22. The highest BCUT2D eigenvalue weighted by Crippen LogP contribution is 2.27. The molecule has 118 valence electrons. The molecule has 1 aromatic rings. The minimum Gasteiger partial charge on any atom is -0.352 e. The molecular weight excluding hydrogens is 286 g/mol. The molecule has 1 aliphatic heterocycles. The van der Waals surface area contributed by atoms with Crippen LogP contribution in [0.1, 0.15) is 38.8 Å². The van der Waals surface area contributed by atoms with Gasteiger partial charge in [0.15, 0.2) is 9.84 Å². The molecule has 0 radical (unpaired) electrons. The second-order valence-electron chi connectivity index (χ2n) is 5.75. The SMILES string of the molecule is CCCNC(C)c1cccnc1N1CCS(=O)(=O)CC1C. The van der Waals surface area contributed by atoms with Gasteiger partial charge in [0.25, 0.3) is 0 Å². The van der Waals surface area contributed by atoms with Gasteiger partial charge in [0, 0.05) is 30.4 Å². The molecule has 2 rings (SSSR count). The summed E-state index contributed by atoms with van der Waals surface area (Å²) in [7, 11) is -2.91. The second kappa shape index (κ2) is 6.75. The Hall–Kier alpha value is -1.14. The number of hydrogen-bond acceptors (Lipinski definition) is 5. The first kappa shape index (κ1) is 16.2. The topological polar surface area (TPSA) is 62.3 Å². The molecule has 1 aliphatic rings. The third kappa shape index (κ3) is 3.95. The van der Waals surface area contributed by atoms with Gasteiger partial charge in [0.05, 0.1) is 11.5 Å².